The van der Waals surface area contributed by atoms with E-state index >= 15 is 0 Å². The van der Waals surface area contributed by atoms with Crippen LogP contribution in [0.5, 0.6) is 0 Å². The summed E-state index contributed by atoms with van der Waals surface area (Å²) in [7, 11) is 0. The fraction of sp³-hybridized carbons (Fsp3) is 0.526. The monoisotopic (exact) mass is 377 g/mol. The van der Waals surface area contributed by atoms with Crippen LogP contribution in [0, 0.1) is 0 Å². The summed E-state index contributed by atoms with van der Waals surface area (Å²) in [4.78, 5) is 37.6. The summed E-state index contributed by atoms with van der Waals surface area (Å²) in [6.45, 7) is 7.86. The molecule has 8 nitrogen and oxygen atoms in total. The zero-order valence-corrected chi connectivity index (χ0v) is 16.0. The second kappa shape index (κ2) is 9.36. The lowest BCUT2D eigenvalue weighted by Gasteiger charge is -2.28. The second-order valence-corrected chi connectivity index (χ2v) is 7.20. The van der Waals surface area contributed by atoms with Crippen molar-refractivity contribution in [2.75, 3.05) is 44.3 Å². The predicted molar refractivity (Wildman–Crippen MR) is 101 cm³/mol. The Bertz CT molecular complexity index is 661. The Balaban J connectivity index is 1.74. The fourth-order valence-electron chi connectivity index (χ4n) is 2.49. The average Bonchev–Trinajstić information content (AvgIpc) is 2.64. The van der Waals surface area contributed by atoms with Crippen LogP contribution < -0.4 is 15.5 Å². The predicted octanol–water partition coefficient (Wildman–Crippen LogP) is 1.35. The number of carbonyl (C=O) groups is 3. The molecular formula is C19H27N3O5. The maximum absolute atomic E-state index is 12.2. The number of amides is 2. The van der Waals surface area contributed by atoms with Crippen molar-refractivity contribution in [2.24, 2.45) is 0 Å². The van der Waals surface area contributed by atoms with Crippen molar-refractivity contribution < 1.29 is 23.9 Å². The third-order valence-corrected chi connectivity index (χ3v) is 3.80. The van der Waals surface area contributed by atoms with E-state index in [9.17, 15) is 14.4 Å². The molecule has 1 aliphatic heterocycles. The molecule has 8 heteroatoms. The number of rotatable bonds is 6. The van der Waals surface area contributed by atoms with Gasteiger partial charge in [-0.3, -0.25) is 9.59 Å². The van der Waals surface area contributed by atoms with E-state index in [1.165, 1.54) is 0 Å². The minimum Gasteiger partial charge on any atom is -0.444 e. The van der Waals surface area contributed by atoms with Gasteiger partial charge in [0.25, 0.3) is 0 Å². The summed E-state index contributed by atoms with van der Waals surface area (Å²) in [6, 6.07) is 7.28. The highest BCUT2D eigenvalue weighted by Gasteiger charge is 2.17. The van der Waals surface area contributed by atoms with E-state index in [4.69, 9.17) is 9.47 Å². The SMILES string of the molecule is CC(C)(C)OC(=O)NCC(=O)NCC(=O)c1ccc(N2CCOCC2)cc1. The van der Waals surface area contributed by atoms with E-state index in [-0.39, 0.29) is 18.9 Å². The average molecular weight is 377 g/mol. The minimum absolute atomic E-state index is 0.133. The van der Waals surface area contributed by atoms with Gasteiger partial charge in [0, 0.05) is 24.3 Å². The van der Waals surface area contributed by atoms with Crippen LogP contribution in [0.15, 0.2) is 24.3 Å². The number of Topliss-reactive ketones (excluding diaryl/α,β-unsaturated/α-hetero) is 1. The van der Waals surface area contributed by atoms with Crippen molar-refractivity contribution in [1.82, 2.24) is 10.6 Å². The number of nitrogens with zero attached hydrogens (tertiary/aromatic N) is 1. The number of nitrogens with one attached hydrogen (secondary N) is 2. The Morgan fingerprint density at radius 3 is 2.26 bits per heavy atom. The van der Waals surface area contributed by atoms with Crippen LogP contribution in [-0.4, -0.2) is 62.8 Å². The van der Waals surface area contributed by atoms with E-state index < -0.39 is 17.6 Å². The molecule has 148 valence electrons. The summed E-state index contributed by atoms with van der Waals surface area (Å²) in [5.74, 6) is -0.659. The van der Waals surface area contributed by atoms with Crippen molar-refractivity contribution in [2.45, 2.75) is 26.4 Å². The molecule has 2 N–H and O–H groups in total. The van der Waals surface area contributed by atoms with Gasteiger partial charge in [-0.1, -0.05) is 0 Å². The van der Waals surface area contributed by atoms with Crippen LogP contribution in [0.25, 0.3) is 0 Å². The number of ether oxygens (including phenoxy) is 2. The van der Waals surface area contributed by atoms with Gasteiger partial charge in [0.15, 0.2) is 5.78 Å². The maximum atomic E-state index is 12.2. The van der Waals surface area contributed by atoms with Crippen molar-refractivity contribution in [3.8, 4) is 0 Å². The molecule has 27 heavy (non-hydrogen) atoms. The number of anilines is 1. The fourth-order valence-corrected chi connectivity index (χ4v) is 2.49. The van der Waals surface area contributed by atoms with Crippen molar-refractivity contribution in [3.05, 3.63) is 29.8 Å². The molecule has 1 saturated heterocycles. The molecule has 1 aromatic carbocycles. The summed E-state index contributed by atoms with van der Waals surface area (Å²) in [5, 5.41) is 4.84. The smallest absolute Gasteiger partial charge is 0.408 e. The highest BCUT2D eigenvalue weighted by Crippen LogP contribution is 2.16. The molecule has 1 fully saturated rings. The molecule has 2 amide bonds. The van der Waals surface area contributed by atoms with Crippen LogP contribution in [0.1, 0.15) is 31.1 Å². The van der Waals surface area contributed by atoms with Gasteiger partial charge in [-0.25, -0.2) is 4.79 Å². The second-order valence-electron chi connectivity index (χ2n) is 7.20. The highest BCUT2D eigenvalue weighted by atomic mass is 16.6. The van der Waals surface area contributed by atoms with Gasteiger partial charge in [-0.2, -0.15) is 0 Å². The lowest BCUT2D eigenvalue weighted by molar-refractivity contribution is -0.120. The first-order chi connectivity index (χ1) is 12.7. The quantitative estimate of drug-likeness (QED) is 0.727. The van der Waals surface area contributed by atoms with Gasteiger partial charge < -0.3 is 25.0 Å². The van der Waals surface area contributed by atoms with Gasteiger partial charge in [-0.15, -0.1) is 0 Å². The van der Waals surface area contributed by atoms with Crippen LogP contribution in [0.3, 0.4) is 0 Å². The third-order valence-electron chi connectivity index (χ3n) is 3.80. The number of hydrogen-bond acceptors (Lipinski definition) is 6. The maximum Gasteiger partial charge on any atom is 0.408 e. The Morgan fingerprint density at radius 1 is 1.04 bits per heavy atom. The van der Waals surface area contributed by atoms with Crippen molar-refractivity contribution in [1.29, 1.82) is 0 Å². The van der Waals surface area contributed by atoms with Crippen LogP contribution in [0.2, 0.25) is 0 Å². The molecule has 0 aliphatic carbocycles. The standard InChI is InChI=1S/C19H27N3O5/c1-19(2,3)27-18(25)21-13-17(24)20-12-16(23)14-4-6-15(7-5-14)22-8-10-26-11-9-22/h4-7H,8-13H2,1-3H3,(H,20,24)(H,21,25). The Kier molecular flexibility index (Phi) is 7.18. The number of morpholine rings is 1. The molecule has 2 rings (SSSR count). The van der Waals surface area contributed by atoms with Crippen LogP contribution in [-0.2, 0) is 14.3 Å². The van der Waals surface area contributed by atoms with E-state index in [2.05, 4.69) is 15.5 Å². The number of alkyl carbamates (subject to hydrolysis) is 1. The van der Waals surface area contributed by atoms with Crippen LogP contribution >= 0.6 is 0 Å². The summed E-state index contributed by atoms with van der Waals surface area (Å²) in [5.41, 5.74) is 0.928. The summed E-state index contributed by atoms with van der Waals surface area (Å²) < 4.78 is 10.4. The summed E-state index contributed by atoms with van der Waals surface area (Å²) >= 11 is 0. The molecule has 1 heterocycles. The Labute approximate surface area is 159 Å². The zero-order chi connectivity index (χ0) is 19.9. The molecule has 0 radical (unpaired) electrons. The zero-order valence-electron chi connectivity index (χ0n) is 16.0. The van der Waals surface area contributed by atoms with Gasteiger partial charge in [0.1, 0.15) is 12.1 Å². The lowest BCUT2D eigenvalue weighted by atomic mass is 10.1. The molecule has 0 atom stereocenters. The summed E-state index contributed by atoms with van der Waals surface area (Å²) in [6.07, 6.45) is -0.678. The first-order valence-corrected chi connectivity index (χ1v) is 8.94. The first-order valence-electron chi connectivity index (χ1n) is 8.94. The van der Waals surface area contributed by atoms with E-state index in [1.807, 2.05) is 12.1 Å². The van der Waals surface area contributed by atoms with Crippen molar-refractivity contribution in [3.63, 3.8) is 0 Å². The van der Waals surface area contributed by atoms with Gasteiger partial charge in [-0.05, 0) is 45.0 Å². The molecule has 1 aliphatic rings. The first kappa shape index (κ1) is 20.7. The van der Waals surface area contributed by atoms with Gasteiger partial charge in [0.2, 0.25) is 5.91 Å². The van der Waals surface area contributed by atoms with E-state index in [0.29, 0.717) is 18.8 Å². The van der Waals surface area contributed by atoms with Gasteiger partial charge >= 0.3 is 6.09 Å². The Morgan fingerprint density at radius 2 is 1.67 bits per heavy atom. The molecule has 0 aromatic heterocycles. The lowest BCUT2D eigenvalue weighted by Crippen LogP contribution is -2.41. The number of benzene rings is 1. The largest absolute Gasteiger partial charge is 0.444 e. The van der Waals surface area contributed by atoms with Crippen LogP contribution in [0.4, 0.5) is 10.5 Å². The normalized spacial score (nSPS) is 14.4. The molecule has 0 unspecified atom stereocenters. The molecular weight excluding hydrogens is 350 g/mol. The number of ketones is 1. The van der Waals surface area contributed by atoms with E-state index in [0.717, 1.165) is 18.8 Å². The number of carbonyl (C=O) groups excluding carboxylic acids is 3. The van der Waals surface area contributed by atoms with Crippen molar-refractivity contribution >= 4 is 23.5 Å². The molecule has 1 aromatic rings. The molecule has 0 bridgehead atoms. The number of hydrogen-bond donors (Lipinski definition) is 2. The Hall–Kier alpha value is -2.61. The van der Waals surface area contributed by atoms with Gasteiger partial charge in [0.05, 0.1) is 19.8 Å². The minimum atomic E-state index is -0.678. The molecule has 0 spiro atoms. The third kappa shape index (κ3) is 7.26. The highest BCUT2D eigenvalue weighted by molar-refractivity contribution is 5.99. The topological polar surface area (TPSA) is 97.0 Å². The van der Waals surface area contributed by atoms with E-state index in [1.54, 1.807) is 32.9 Å². The molecule has 0 saturated carbocycles.